The predicted octanol–water partition coefficient (Wildman–Crippen LogP) is 4.85. The molecule has 0 bridgehead atoms. The first-order valence-corrected chi connectivity index (χ1v) is 9.27. The molecule has 3 heteroatoms. The van der Waals surface area contributed by atoms with E-state index in [4.69, 9.17) is 4.74 Å². The third-order valence-corrected chi connectivity index (χ3v) is 5.05. The fraction of sp³-hybridized carbons (Fsp3) is 0.409. The number of rotatable bonds is 6. The van der Waals surface area contributed by atoms with Gasteiger partial charge in [-0.15, -0.1) is 0 Å². The second-order valence-electron chi connectivity index (χ2n) is 6.76. The van der Waals surface area contributed by atoms with Gasteiger partial charge in [0.25, 0.3) is 0 Å². The Morgan fingerprint density at radius 2 is 1.80 bits per heavy atom. The number of methoxy groups -OCH3 is 1. The number of benzene rings is 2. The molecule has 3 nitrogen and oxygen atoms in total. The zero-order valence-corrected chi connectivity index (χ0v) is 15.0. The van der Waals surface area contributed by atoms with E-state index < -0.39 is 0 Å². The molecule has 0 saturated heterocycles. The average Bonchev–Trinajstić information content (AvgIpc) is 2.69. The molecule has 1 saturated carbocycles. The maximum Gasteiger partial charge on any atom is 0.230 e. The second-order valence-corrected chi connectivity index (χ2v) is 6.76. The summed E-state index contributed by atoms with van der Waals surface area (Å²) in [6.45, 7) is 0.701. The maximum atomic E-state index is 13.1. The summed E-state index contributed by atoms with van der Waals surface area (Å²) < 4.78 is 5.31. The Balaban J connectivity index is 1.75. The highest BCUT2D eigenvalue weighted by atomic mass is 16.5. The summed E-state index contributed by atoms with van der Waals surface area (Å²) >= 11 is 0. The first kappa shape index (κ1) is 17.5. The molecule has 25 heavy (non-hydrogen) atoms. The molecule has 0 aromatic heterocycles. The third kappa shape index (κ3) is 4.62. The monoisotopic (exact) mass is 337 g/mol. The minimum absolute atomic E-state index is 0.180. The molecule has 0 N–H and O–H groups in total. The van der Waals surface area contributed by atoms with Crippen molar-refractivity contribution in [3.8, 4) is 5.75 Å². The van der Waals surface area contributed by atoms with Gasteiger partial charge in [-0.25, -0.2) is 0 Å². The summed E-state index contributed by atoms with van der Waals surface area (Å²) in [7, 11) is 1.68. The van der Waals surface area contributed by atoms with Crippen molar-refractivity contribution >= 4 is 11.6 Å². The molecule has 1 fully saturated rings. The number of nitrogens with zero attached hydrogens (tertiary/aromatic N) is 1. The van der Waals surface area contributed by atoms with Gasteiger partial charge >= 0.3 is 0 Å². The number of hydrogen-bond donors (Lipinski definition) is 0. The standard InChI is InChI=1S/C22H27NO2/c1-25-21-14-8-9-18(17-21)15-16-23(20-12-6-3-7-13-20)22(24)19-10-4-2-5-11-19/h3,6-9,12-14,17,19H,2,4-5,10-11,15-16H2,1H3. The highest BCUT2D eigenvalue weighted by Gasteiger charge is 2.26. The summed E-state index contributed by atoms with van der Waals surface area (Å²) in [4.78, 5) is 15.1. The Morgan fingerprint density at radius 3 is 2.52 bits per heavy atom. The third-order valence-electron chi connectivity index (χ3n) is 5.05. The van der Waals surface area contributed by atoms with E-state index in [2.05, 4.69) is 6.07 Å². The first-order valence-electron chi connectivity index (χ1n) is 9.27. The van der Waals surface area contributed by atoms with Crippen LogP contribution in [0.3, 0.4) is 0 Å². The molecule has 0 atom stereocenters. The summed E-state index contributed by atoms with van der Waals surface area (Å²) in [5.41, 5.74) is 2.19. The number of ether oxygens (including phenoxy) is 1. The van der Waals surface area contributed by atoms with Crippen molar-refractivity contribution in [1.82, 2.24) is 0 Å². The number of para-hydroxylation sites is 1. The minimum Gasteiger partial charge on any atom is -0.497 e. The topological polar surface area (TPSA) is 29.5 Å². The smallest absolute Gasteiger partial charge is 0.230 e. The van der Waals surface area contributed by atoms with Crippen LogP contribution in [0.4, 0.5) is 5.69 Å². The lowest BCUT2D eigenvalue weighted by Gasteiger charge is -2.29. The summed E-state index contributed by atoms with van der Waals surface area (Å²) in [5.74, 6) is 1.33. The lowest BCUT2D eigenvalue weighted by Crippen LogP contribution is -2.38. The Labute approximate surface area is 150 Å². The van der Waals surface area contributed by atoms with Gasteiger partial charge in [0.15, 0.2) is 0 Å². The van der Waals surface area contributed by atoms with Gasteiger partial charge in [0, 0.05) is 18.2 Å². The summed E-state index contributed by atoms with van der Waals surface area (Å²) in [5, 5.41) is 0. The van der Waals surface area contributed by atoms with E-state index in [1.54, 1.807) is 7.11 Å². The van der Waals surface area contributed by atoms with Crippen LogP contribution in [0.5, 0.6) is 5.75 Å². The van der Waals surface area contributed by atoms with Gasteiger partial charge < -0.3 is 9.64 Å². The highest BCUT2D eigenvalue weighted by Crippen LogP contribution is 2.28. The number of amides is 1. The van der Waals surface area contributed by atoms with Crippen LogP contribution in [-0.2, 0) is 11.2 Å². The largest absolute Gasteiger partial charge is 0.497 e. The molecule has 1 aliphatic carbocycles. The van der Waals surface area contributed by atoms with Crippen LogP contribution in [0.15, 0.2) is 54.6 Å². The Kier molecular flexibility index (Phi) is 6.10. The summed E-state index contributed by atoms with van der Waals surface area (Å²) in [6, 6.07) is 18.2. The van der Waals surface area contributed by atoms with Crippen LogP contribution >= 0.6 is 0 Å². The molecule has 0 radical (unpaired) electrons. The number of carbonyl (C=O) groups is 1. The van der Waals surface area contributed by atoms with Gasteiger partial charge in [-0.3, -0.25) is 4.79 Å². The van der Waals surface area contributed by atoms with Crippen LogP contribution in [-0.4, -0.2) is 19.6 Å². The lowest BCUT2D eigenvalue weighted by atomic mass is 9.88. The van der Waals surface area contributed by atoms with Crippen LogP contribution in [0, 0.1) is 5.92 Å². The fourth-order valence-electron chi connectivity index (χ4n) is 3.61. The number of anilines is 1. The van der Waals surface area contributed by atoms with Crippen LogP contribution < -0.4 is 9.64 Å². The molecule has 0 aliphatic heterocycles. The van der Waals surface area contributed by atoms with E-state index in [1.807, 2.05) is 53.4 Å². The van der Waals surface area contributed by atoms with Crippen LogP contribution in [0.2, 0.25) is 0 Å². The Hall–Kier alpha value is -2.29. The van der Waals surface area contributed by atoms with Crippen LogP contribution in [0.1, 0.15) is 37.7 Å². The van der Waals surface area contributed by atoms with Crippen molar-refractivity contribution in [2.45, 2.75) is 38.5 Å². The molecular weight excluding hydrogens is 310 g/mol. The zero-order chi connectivity index (χ0) is 17.5. The quantitative estimate of drug-likeness (QED) is 0.754. The highest BCUT2D eigenvalue weighted by molar-refractivity contribution is 5.95. The van der Waals surface area contributed by atoms with E-state index in [-0.39, 0.29) is 11.8 Å². The zero-order valence-electron chi connectivity index (χ0n) is 15.0. The number of hydrogen-bond acceptors (Lipinski definition) is 2. The van der Waals surface area contributed by atoms with Crippen molar-refractivity contribution < 1.29 is 9.53 Å². The molecule has 2 aromatic carbocycles. The fourth-order valence-corrected chi connectivity index (χ4v) is 3.61. The van der Waals surface area contributed by atoms with E-state index in [9.17, 15) is 4.79 Å². The van der Waals surface area contributed by atoms with Crippen molar-refractivity contribution in [2.24, 2.45) is 5.92 Å². The van der Waals surface area contributed by atoms with E-state index in [0.29, 0.717) is 6.54 Å². The van der Waals surface area contributed by atoms with Crippen molar-refractivity contribution in [2.75, 3.05) is 18.6 Å². The van der Waals surface area contributed by atoms with E-state index in [1.165, 1.54) is 24.8 Å². The van der Waals surface area contributed by atoms with E-state index >= 15 is 0 Å². The van der Waals surface area contributed by atoms with Gasteiger partial charge in [-0.2, -0.15) is 0 Å². The molecular formula is C22H27NO2. The molecule has 0 spiro atoms. The minimum atomic E-state index is 0.180. The Morgan fingerprint density at radius 1 is 1.04 bits per heavy atom. The molecule has 0 unspecified atom stereocenters. The van der Waals surface area contributed by atoms with Crippen molar-refractivity contribution in [1.29, 1.82) is 0 Å². The summed E-state index contributed by atoms with van der Waals surface area (Å²) in [6.07, 6.45) is 6.50. The van der Waals surface area contributed by atoms with Crippen molar-refractivity contribution in [3.63, 3.8) is 0 Å². The lowest BCUT2D eigenvalue weighted by molar-refractivity contribution is -0.123. The Bertz CT molecular complexity index is 677. The van der Waals surface area contributed by atoms with Gasteiger partial charge in [0.05, 0.1) is 7.11 Å². The normalized spacial score (nSPS) is 14.9. The molecule has 1 amide bonds. The molecule has 1 aliphatic rings. The molecule has 3 rings (SSSR count). The van der Waals surface area contributed by atoms with Gasteiger partial charge in [-0.1, -0.05) is 49.6 Å². The average molecular weight is 337 g/mol. The van der Waals surface area contributed by atoms with Crippen LogP contribution in [0.25, 0.3) is 0 Å². The predicted molar refractivity (Wildman–Crippen MR) is 102 cm³/mol. The number of carbonyl (C=O) groups excluding carboxylic acids is 1. The first-order chi connectivity index (χ1) is 12.3. The van der Waals surface area contributed by atoms with Gasteiger partial charge in [-0.05, 0) is 49.1 Å². The maximum absolute atomic E-state index is 13.1. The molecule has 2 aromatic rings. The molecule has 132 valence electrons. The molecule has 0 heterocycles. The SMILES string of the molecule is COc1cccc(CCN(C(=O)C2CCCCC2)c2ccccc2)c1. The van der Waals surface area contributed by atoms with Gasteiger partial charge in [0.1, 0.15) is 5.75 Å². The van der Waals surface area contributed by atoms with Crippen molar-refractivity contribution in [3.05, 3.63) is 60.2 Å². The van der Waals surface area contributed by atoms with E-state index in [0.717, 1.165) is 30.7 Å². The van der Waals surface area contributed by atoms with Gasteiger partial charge in [0.2, 0.25) is 5.91 Å². The second kappa shape index (κ2) is 8.70.